The Labute approximate surface area is 143 Å². The Morgan fingerprint density at radius 3 is 2.42 bits per heavy atom. The van der Waals surface area contributed by atoms with Gasteiger partial charge in [-0.3, -0.25) is 4.79 Å². The zero-order valence-electron chi connectivity index (χ0n) is 13.0. The van der Waals surface area contributed by atoms with Crippen LogP contribution < -0.4 is 0 Å². The van der Waals surface area contributed by atoms with Gasteiger partial charge in [0.25, 0.3) is 0 Å². The molecule has 122 valence electrons. The Kier molecular flexibility index (Phi) is 5.99. The predicted molar refractivity (Wildman–Crippen MR) is 89.0 cm³/mol. The van der Waals surface area contributed by atoms with Gasteiger partial charge in [0.2, 0.25) is 0 Å². The molecule has 2 aromatic carbocycles. The van der Waals surface area contributed by atoms with Crippen molar-refractivity contribution < 1.29 is 19.4 Å². The number of ether oxygens (including phenoxy) is 1. The van der Waals surface area contributed by atoms with Gasteiger partial charge >= 0.3 is 11.9 Å². The third-order valence-corrected chi connectivity index (χ3v) is 4.12. The number of hydrogen-bond donors (Lipinski definition) is 1. The van der Waals surface area contributed by atoms with Gasteiger partial charge in [-0.05, 0) is 42.8 Å². The van der Waals surface area contributed by atoms with Gasteiger partial charge in [0.1, 0.15) is 6.07 Å². The molecule has 0 unspecified atom stereocenters. The van der Waals surface area contributed by atoms with E-state index in [4.69, 9.17) is 15.1 Å². The first-order valence-corrected chi connectivity index (χ1v) is 8.05. The Balaban J connectivity index is 2.20. The fraction of sp³-hybridized carbons (Fsp3) is 0.167. The third kappa shape index (κ3) is 4.61. The summed E-state index contributed by atoms with van der Waals surface area (Å²) in [6.07, 6.45) is -0.0190. The highest BCUT2D eigenvalue weighted by Gasteiger charge is 2.14. The first kappa shape index (κ1) is 17.6. The fourth-order valence-corrected chi connectivity index (χ4v) is 2.91. The minimum atomic E-state index is -0.874. The Bertz CT molecular complexity index is 794. The van der Waals surface area contributed by atoms with Crippen LogP contribution in [0.1, 0.15) is 28.4 Å². The standard InChI is InChI=1S/C18H15NO4S/c1-2-23-18(22)16-10-15(8-5-13(16)11-19)24-14-6-3-12(4-7-14)9-17(20)21/h3-8,10H,2,9H2,1H3,(H,20,21). The van der Waals surface area contributed by atoms with E-state index in [1.165, 1.54) is 11.8 Å². The molecule has 0 aliphatic carbocycles. The number of esters is 1. The van der Waals surface area contributed by atoms with Crippen molar-refractivity contribution >= 4 is 23.7 Å². The normalized spacial score (nSPS) is 10.0. The molecule has 0 bridgehead atoms. The molecule has 0 fully saturated rings. The van der Waals surface area contributed by atoms with E-state index in [-0.39, 0.29) is 24.2 Å². The van der Waals surface area contributed by atoms with Gasteiger partial charge in [0.05, 0.1) is 24.2 Å². The van der Waals surface area contributed by atoms with Crippen molar-refractivity contribution in [3.8, 4) is 6.07 Å². The lowest BCUT2D eigenvalue weighted by Gasteiger charge is -2.07. The first-order chi connectivity index (χ1) is 11.5. The number of rotatable bonds is 6. The van der Waals surface area contributed by atoms with Gasteiger partial charge in [-0.1, -0.05) is 23.9 Å². The largest absolute Gasteiger partial charge is 0.481 e. The summed E-state index contributed by atoms with van der Waals surface area (Å²) in [6, 6.07) is 14.1. The van der Waals surface area contributed by atoms with Crippen molar-refractivity contribution in [3.05, 3.63) is 59.2 Å². The second-order valence-corrected chi connectivity index (χ2v) is 6.00. The van der Waals surface area contributed by atoms with E-state index in [2.05, 4.69) is 0 Å². The zero-order valence-corrected chi connectivity index (χ0v) is 13.8. The monoisotopic (exact) mass is 341 g/mol. The third-order valence-electron chi connectivity index (χ3n) is 3.12. The highest BCUT2D eigenvalue weighted by molar-refractivity contribution is 7.99. The average Bonchev–Trinajstić information content (AvgIpc) is 2.56. The van der Waals surface area contributed by atoms with Crippen LogP contribution in [0, 0.1) is 11.3 Å². The van der Waals surface area contributed by atoms with Crippen molar-refractivity contribution in [2.45, 2.75) is 23.1 Å². The molecule has 0 aromatic heterocycles. The molecule has 0 saturated carbocycles. The summed E-state index contributed by atoms with van der Waals surface area (Å²) in [6.45, 7) is 1.95. The summed E-state index contributed by atoms with van der Waals surface area (Å²) in [5, 5.41) is 17.9. The van der Waals surface area contributed by atoms with E-state index >= 15 is 0 Å². The maximum Gasteiger partial charge on any atom is 0.339 e. The molecule has 0 aliphatic rings. The minimum Gasteiger partial charge on any atom is -0.481 e. The van der Waals surface area contributed by atoms with Crippen LogP contribution in [0.25, 0.3) is 0 Å². The number of nitrogens with zero attached hydrogens (tertiary/aromatic N) is 1. The van der Waals surface area contributed by atoms with E-state index in [0.29, 0.717) is 0 Å². The summed E-state index contributed by atoms with van der Waals surface area (Å²) in [4.78, 5) is 24.3. The number of carbonyl (C=O) groups excluding carboxylic acids is 1. The summed E-state index contributed by atoms with van der Waals surface area (Å²) < 4.78 is 4.97. The van der Waals surface area contributed by atoms with Crippen LogP contribution in [0.15, 0.2) is 52.3 Å². The second-order valence-electron chi connectivity index (χ2n) is 4.86. The Hall–Kier alpha value is -2.78. The van der Waals surface area contributed by atoms with Gasteiger partial charge in [-0.2, -0.15) is 5.26 Å². The molecule has 0 radical (unpaired) electrons. The Morgan fingerprint density at radius 2 is 1.83 bits per heavy atom. The number of carboxylic acid groups (broad SMARTS) is 1. The second kappa shape index (κ2) is 8.18. The van der Waals surface area contributed by atoms with E-state index in [0.717, 1.165) is 15.4 Å². The number of aliphatic carboxylic acids is 1. The smallest absolute Gasteiger partial charge is 0.339 e. The lowest BCUT2D eigenvalue weighted by Crippen LogP contribution is -2.07. The molecule has 5 nitrogen and oxygen atoms in total. The van der Waals surface area contributed by atoms with Crippen molar-refractivity contribution in [1.29, 1.82) is 5.26 Å². The van der Waals surface area contributed by atoms with Crippen molar-refractivity contribution in [3.63, 3.8) is 0 Å². The summed E-state index contributed by atoms with van der Waals surface area (Å²) >= 11 is 1.42. The number of benzene rings is 2. The molecule has 0 atom stereocenters. The highest BCUT2D eigenvalue weighted by Crippen LogP contribution is 2.29. The van der Waals surface area contributed by atoms with Crippen LogP contribution >= 0.6 is 11.8 Å². The summed E-state index contributed by atoms with van der Waals surface area (Å²) in [5.41, 5.74) is 1.24. The Morgan fingerprint density at radius 1 is 1.17 bits per heavy atom. The van der Waals surface area contributed by atoms with E-state index in [1.807, 2.05) is 18.2 Å². The van der Waals surface area contributed by atoms with Crippen molar-refractivity contribution in [2.75, 3.05) is 6.61 Å². The lowest BCUT2D eigenvalue weighted by molar-refractivity contribution is -0.136. The van der Waals surface area contributed by atoms with Crippen LogP contribution in [0.3, 0.4) is 0 Å². The van der Waals surface area contributed by atoms with Gasteiger partial charge in [0, 0.05) is 9.79 Å². The SMILES string of the molecule is CCOC(=O)c1cc(Sc2ccc(CC(=O)O)cc2)ccc1C#N. The number of carbonyl (C=O) groups is 2. The number of carboxylic acids is 1. The molecule has 1 N–H and O–H groups in total. The van der Waals surface area contributed by atoms with E-state index < -0.39 is 11.9 Å². The van der Waals surface area contributed by atoms with Crippen LogP contribution in [-0.2, 0) is 16.0 Å². The molecule has 0 aliphatic heterocycles. The van der Waals surface area contributed by atoms with Gasteiger partial charge < -0.3 is 9.84 Å². The molecular formula is C18H15NO4S. The molecular weight excluding hydrogens is 326 g/mol. The van der Waals surface area contributed by atoms with Crippen molar-refractivity contribution in [2.24, 2.45) is 0 Å². The highest BCUT2D eigenvalue weighted by atomic mass is 32.2. The average molecular weight is 341 g/mol. The van der Waals surface area contributed by atoms with Gasteiger partial charge in [0.15, 0.2) is 0 Å². The molecule has 6 heteroatoms. The first-order valence-electron chi connectivity index (χ1n) is 7.23. The molecule has 0 amide bonds. The molecule has 0 saturated heterocycles. The maximum absolute atomic E-state index is 11.9. The van der Waals surface area contributed by atoms with E-state index in [9.17, 15) is 9.59 Å². The van der Waals surface area contributed by atoms with Crippen LogP contribution in [0.2, 0.25) is 0 Å². The number of nitriles is 1. The molecule has 2 rings (SSSR count). The van der Waals surface area contributed by atoms with Crippen LogP contribution in [0.4, 0.5) is 0 Å². The zero-order chi connectivity index (χ0) is 17.5. The molecule has 2 aromatic rings. The quantitative estimate of drug-likeness (QED) is 0.809. The molecule has 0 heterocycles. The van der Waals surface area contributed by atoms with Crippen LogP contribution in [-0.4, -0.2) is 23.7 Å². The van der Waals surface area contributed by atoms with Gasteiger partial charge in [-0.15, -0.1) is 0 Å². The topological polar surface area (TPSA) is 87.4 Å². The minimum absolute atomic E-state index is 0.0190. The summed E-state index contributed by atoms with van der Waals surface area (Å²) in [7, 11) is 0. The van der Waals surface area contributed by atoms with Crippen molar-refractivity contribution in [1.82, 2.24) is 0 Å². The predicted octanol–water partition coefficient (Wildman–Crippen LogP) is 3.51. The van der Waals surface area contributed by atoms with Gasteiger partial charge in [-0.25, -0.2) is 4.79 Å². The maximum atomic E-state index is 11.9. The van der Waals surface area contributed by atoms with Crippen LogP contribution in [0.5, 0.6) is 0 Å². The summed E-state index contributed by atoms with van der Waals surface area (Å²) in [5.74, 6) is -1.39. The molecule has 24 heavy (non-hydrogen) atoms. The lowest BCUT2D eigenvalue weighted by atomic mass is 10.1. The number of hydrogen-bond acceptors (Lipinski definition) is 5. The fourth-order valence-electron chi connectivity index (χ4n) is 2.05. The molecule has 0 spiro atoms. The van der Waals surface area contributed by atoms with E-state index in [1.54, 1.807) is 37.3 Å².